The molecular weight excluding hydrogens is 491 g/mol. The first-order valence-electron chi connectivity index (χ1n) is 12.2. The first-order valence-corrected chi connectivity index (χ1v) is 13.0. The summed E-state index contributed by atoms with van der Waals surface area (Å²) in [6, 6.07) is 10.7. The molecule has 196 valence electrons. The van der Waals surface area contributed by atoms with Gasteiger partial charge in [0, 0.05) is 32.2 Å². The maximum absolute atomic E-state index is 12.6. The fourth-order valence-electron chi connectivity index (χ4n) is 4.32. The quantitative estimate of drug-likeness (QED) is 0.370. The number of hydrogen-bond acceptors (Lipinski definition) is 7. The Morgan fingerprint density at radius 2 is 1.72 bits per heavy atom. The molecule has 4 rings (SSSR count). The SMILES string of the molecule is Cc1nc2cc(OC([C@@H](C)O)N3CCN(CCCCOc4ccc(C(F)(F)F)cc4)CC3)ccc2s1. The molecule has 0 saturated carbocycles. The fraction of sp³-hybridized carbons (Fsp3) is 0.500. The minimum Gasteiger partial charge on any atom is -0.494 e. The Kier molecular flexibility index (Phi) is 8.71. The van der Waals surface area contributed by atoms with Gasteiger partial charge >= 0.3 is 6.18 Å². The molecule has 0 amide bonds. The van der Waals surface area contributed by atoms with Crippen molar-refractivity contribution in [3.05, 3.63) is 53.0 Å². The number of hydrogen-bond donors (Lipinski definition) is 1. The summed E-state index contributed by atoms with van der Waals surface area (Å²) in [6.45, 7) is 8.43. The Labute approximate surface area is 213 Å². The van der Waals surface area contributed by atoms with Gasteiger partial charge in [0.1, 0.15) is 17.6 Å². The van der Waals surface area contributed by atoms with Gasteiger partial charge in [-0.25, -0.2) is 4.98 Å². The van der Waals surface area contributed by atoms with Crippen LogP contribution in [0.3, 0.4) is 0 Å². The number of aliphatic hydroxyl groups is 1. The lowest BCUT2D eigenvalue weighted by Crippen LogP contribution is -2.55. The minimum absolute atomic E-state index is 0.429. The number of aromatic nitrogens is 1. The Morgan fingerprint density at radius 3 is 2.39 bits per heavy atom. The van der Waals surface area contributed by atoms with E-state index in [1.54, 1.807) is 18.3 Å². The van der Waals surface area contributed by atoms with Gasteiger partial charge < -0.3 is 19.5 Å². The molecule has 0 radical (unpaired) electrons. The first-order chi connectivity index (χ1) is 17.2. The van der Waals surface area contributed by atoms with E-state index in [1.807, 2.05) is 25.1 Å². The van der Waals surface area contributed by atoms with Crippen LogP contribution in [0.25, 0.3) is 10.2 Å². The zero-order valence-corrected chi connectivity index (χ0v) is 21.3. The highest BCUT2D eigenvalue weighted by Gasteiger charge is 2.30. The molecular formula is C26H32F3N3O3S. The molecule has 1 fully saturated rings. The summed E-state index contributed by atoms with van der Waals surface area (Å²) in [4.78, 5) is 9.07. The number of unbranched alkanes of at least 4 members (excludes halogenated alkanes) is 1. The standard InChI is InChI=1S/C26H32F3N3O3S/c1-18(33)25(35-22-9-10-24-23(17-22)30-19(2)36-24)32-14-12-31(13-15-32)11-3-4-16-34-21-7-5-20(6-8-21)26(27,28)29/h5-10,17-18,25,33H,3-4,11-16H2,1-2H3/t18-,25?/m1/s1. The number of rotatable bonds is 10. The van der Waals surface area contributed by atoms with Crippen molar-refractivity contribution >= 4 is 21.6 Å². The molecule has 6 nitrogen and oxygen atoms in total. The highest BCUT2D eigenvalue weighted by Crippen LogP contribution is 2.30. The highest BCUT2D eigenvalue weighted by atomic mass is 32.1. The third-order valence-corrected chi connectivity index (χ3v) is 7.17. The second kappa shape index (κ2) is 11.8. The van der Waals surface area contributed by atoms with E-state index in [2.05, 4.69) is 14.8 Å². The zero-order chi connectivity index (χ0) is 25.7. The number of halogens is 3. The summed E-state index contributed by atoms with van der Waals surface area (Å²) in [5.74, 6) is 1.15. The number of thiazole rings is 1. The van der Waals surface area contributed by atoms with Crippen molar-refractivity contribution in [1.29, 1.82) is 0 Å². The molecule has 1 aliphatic heterocycles. The van der Waals surface area contributed by atoms with Crippen LogP contribution in [0, 0.1) is 6.92 Å². The van der Waals surface area contributed by atoms with Gasteiger partial charge in [-0.1, -0.05) is 0 Å². The molecule has 2 aromatic carbocycles. The Balaban J connectivity index is 1.18. The van der Waals surface area contributed by atoms with E-state index in [9.17, 15) is 18.3 Å². The van der Waals surface area contributed by atoms with Crippen LogP contribution >= 0.6 is 11.3 Å². The minimum atomic E-state index is -4.33. The molecule has 0 aliphatic carbocycles. The Morgan fingerprint density at radius 1 is 1.03 bits per heavy atom. The van der Waals surface area contributed by atoms with Crippen LogP contribution in [0.2, 0.25) is 0 Å². The predicted octanol–water partition coefficient (Wildman–Crippen LogP) is 5.19. The monoisotopic (exact) mass is 523 g/mol. The highest BCUT2D eigenvalue weighted by molar-refractivity contribution is 7.18. The average molecular weight is 524 g/mol. The maximum Gasteiger partial charge on any atom is 0.416 e. The molecule has 0 bridgehead atoms. The van der Waals surface area contributed by atoms with Crippen molar-refractivity contribution in [3.63, 3.8) is 0 Å². The van der Waals surface area contributed by atoms with Crippen LogP contribution in [0.1, 0.15) is 30.3 Å². The van der Waals surface area contributed by atoms with Crippen molar-refractivity contribution in [2.24, 2.45) is 0 Å². The molecule has 3 aromatic rings. The van der Waals surface area contributed by atoms with E-state index < -0.39 is 24.1 Å². The van der Waals surface area contributed by atoms with Gasteiger partial charge in [-0.15, -0.1) is 11.3 Å². The smallest absolute Gasteiger partial charge is 0.416 e. The number of ether oxygens (including phenoxy) is 2. The summed E-state index contributed by atoms with van der Waals surface area (Å²) >= 11 is 1.65. The van der Waals surface area contributed by atoms with Gasteiger partial charge in [-0.3, -0.25) is 4.90 Å². The van der Waals surface area contributed by atoms with Gasteiger partial charge in [0.2, 0.25) is 0 Å². The van der Waals surface area contributed by atoms with Crippen molar-refractivity contribution in [2.75, 3.05) is 39.3 Å². The van der Waals surface area contributed by atoms with E-state index in [4.69, 9.17) is 9.47 Å². The lowest BCUT2D eigenvalue weighted by atomic mass is 10.2. The lowest BCUT2D eigenvalue weighted by molar-refractivity contribution is -0.137. The van der Waals surface area contributed by atoms with Gasteiger partial charge in [0.15, 0.2) is 6.23 Å². The van der Waals surface area contributed by atoms with E-state index in [-0.39, 0.29) is 0 Å². The van der Waals surface area contributed by atoms with Gasteiger partial charge in [0.05, 0.1) is 27.4 Å². The predicted molar refractivity (Wildman–Crippen MR) is 135 cm³/mol. The molecule has 1 aromatic heterocycles. The van der Waals surface area contributed by atoms with E-state index in [1.165, 1.54) is 12.1 Å². The summed E-state index contributed by atoms with van der Waals surface area (Å²) < 4.78 is 50.8. The van der Waals surface area contributed by atoms with Crippen molar-refractivity contribution in [3.8, 4) is 11.5 Å². The molecule has 0 spiro atoms. The Bertz CT molecular complexity index is 1110. The molecule has 36 heavy (non-hydrogen) atoms. The van der Waals surface area contributed by atoms with E-state index in [0.29, 0.717) is 18.1 Å². The van der Waals surface area contributed by atoms with Crippen LogP contribution in [0.5, 0.6) is 11.5 Å². The summed E-state index contributed by atoms with van der Waals surface area (Å²) in [5.41, 5.74) is 0.235. The molecule has 2 heterocycles. The van der Waals surface area contributed by atoms with Crippen LogP contribution in [0.4, 0.5) is 13.2 Å². The van der Waals surface area contributed by atoms with Crippen molar-refractivity contribution < 1.29 is 27.8 Å². The summed E-state index contributed by atoms with van der Waals surface area (Å²) in [6.07, 6.45) is -3.66. The van der Waals surface area contributed by atoms with Crippen molar-refractivity contribution in [1.82, 2.24) is 14.8 Å². The third-order valence-electron chi connectivity index (χ3n) is 6.22. The second-order valence-corrected chi connectivity index (χ2v) is 10.3. The molecule has 2 atom stereocenters. The van der Waals surface area contributed by atoms with Crippen LogP contribution in [0.15, 0.2) is 42.5 Å². The number of aryl methyl sites for hydroxylation is 1. The van der Waals surface area contributed by atoms with Crippen molar-refractivity contribution in [2.45, 2.75) is 45.2 Å². The van der Waals surface area contributed by atoms with Crippen LogP contribution in [-0.4, -0.2) is 71.6 Å². The van der Waals surface area contributed by atoms with Gasteiger partial charge in [-0.05, 0) is 69.6 Å². The second-order valence-electron chi connectivity index (χ2n) is 9.07. The topological polar surface area (TPSA) is 58.1 Å². The molecule has 1 saturated heterocycles. The number of benzene rings is 2. The molecule has 1 unspecified atom stereocenters. The lowest BCUT2D eigenvalue weighted by Gasteiger charge is -2.40. The average Bonchev–Trinajstić information content (AvgIpc) is 3.21. The first kappa shape index (κ1) is 26.7. The third kappa shape index (κ3) is 7.09. The number of piperazine rings is 1. The molecule has 1 aliphatic rings. The number of fused-ring (bicyclic) bond motifs is 1. The number of aliphatic hydroxyl groups excluding tert-OH is 1. The van der Waals surface area contributed by atoms with E-state index >= 15 is 0 Å². The largest absolute Gasteiger partial charge is 0.494 e. The molecule has 10 heteroatoms. The fourth-order valence-corrected chi connectivity index (χ4v) is 5.13. The Hall–Kier alpha value is -2.40. The summed E-state index contributed by atoms with van der Waals surface area (Å²) in [7, 11) is 0. The van der Waals surface area contributed by atoms with Gasteiger partial charge in [-0.2, -0.15) is 13.2 Å². The van der Waals surface area contributed by atoms with Crippen LogP contribution < -0.4 is 9.47 Å². The van der Waals surface area contributed by atoms with Crippen LogP contribution in [-0.2, 0) is 6.18 Å². The summed E-state index contributed by atoms with van der Waals surface area (Å²) in [5, 5.41) is 11.4. The number of alkyl halides is 3. The molecule has 1 N–H and O–H groups in total. The zero-order valence-electron chi connectivity index (χ0n) is 20.5. The normalized spacial score (nSPS) is 17.3. The maximum atomic E-state index is 12.6. The number of nitrogens with zero attached hydrogens (tertiary/aromatic N) is 3. The van der Waals surface area contributed by atoms with E-state index in [0.717, 1.165) is 72.9 Å². The van der Waals surface area contributed by atoms with Gasteiger partial charge in [0.25, 0.3) is 0 Å².